The lowest BCUT2D eigenvalue weighted by molar-refractivity contribution is -0.135. The molecule has 7 heteroatoms. The first-order valence-electron chi connectivity index (χ1n) is 9.10. The van der Waals surface area contributed by atoms with Gasteiger partial charge in [0, 0.05) is 6.42 Å². The molecule has 148 valence electrons. The summed E-state index contributed by atoms with van der Waals surface area (Å²) >= 11 is 6.10. The lowest BCUT2D eigenvalue weighted by atomic mass is 10.0. The normalized spacial score (nSPS) is 15.9. The Hall–Kier alpha value is -3.25. The molecule has 1 aliphatic heterocycles. The van der Waals surface area contributed by atoms with E-state index < -0.39 is 0 Å². The van der Waals surface area contributed by atoms with Gasteiger partial charge in [-0.25, -0.2) is 5.01 Å². The topological polar surface area (TPSA) is 64.3 Å². The second kappa shape index (κ2) is 8.41. The first kappa shape index (κ1) is 19.1. The molecule has 1 atom stereocenters. The fraction of sp³-hybridized carbons (Fsp3) is 0.182. The van der Waals surface area contributed by atoms with Crippen LogP contribution in [0.2, 0.25) is 5.02 Å². The number of benzene rings is 2. The number of furan rings is 1. The maximum Gasteiger partial charge on any atom is 0.281 e. The Morgan fingerprint density at radius 3 is 2.66 bits per heavy atom. The quantitative estimate of drug-likeness (QED) is 0.591. The Morgan fingerprint density at radius 1 is 1.17 bits per heavy atom. The molecule has 0 bridgehead atoms. The van der Waals surface area contributed by atoms with Crippen LogP contribution < -0.4 is 9.47 Å². The van der Waals surface area contributed by atoms with E-state index in [2.05, 4.69) is 5.10 Å². The lowest BCUT2D eigenvalue weighted by Gasteiger charge is -2.20. The number of carbonyl (C=O) groups is 1. The number of methoxy groups -OCH3 is 1. The number of carbonyl (C=O) groups excluding carboxylic acids is 1. The van der Waals surface area contributed by atoms with Crippen molar-refractivity contribution in [1.29, 1.82) is 0 Å². The number of hydrogen-bond acceptors (Lipinski definition) is 5. The van der Waals surface area contributed by atoms with E-state index in [1.807, 2.05) is 30.3 Å². The number of rotatable bonds is 6. The molecule has 0 N–H and O–H groups in total. The number of amides is 1. The fourth-order valence-corrected chi connectivity index (χ4v) is 3.36. The summed E-state index contributed by atoms with van der Waals surface area (Å²) in [5.74, 6) is 1.60. The van der Waals surface area contributed by atoms with Gasteiger partial charge in [-0.1, -0.05) is 23.7 Å². The minimum absolute atomic E-state index is 0.180. The first-order valence-corrected chi connectivity index (χ1v) is 9.48. The van der Waals surface area contributed by atoms with Gasteiger partial charge in [0.05, 0.1) is 24.1 Å². The zero-order chi connectivity index (χ0) is 20.2. The van der Waals surface area contributed by atoms with E-state index in [4.69, 9.17) is 25.5 Å². The average Bonchev–Trinajstić information content (AvgIpc) is 3.43. The zero-order valence-corrected chi connectivity index (χ0v) is 16.5. The highest BCUT2D eigenvalue weighted by molar-refractivity contribution is 6.32. The Morgan fingerprint density at radius 2 is 1.97 bits per heavy atom. The Bertz CT molecular complexity index is 1020. The van der Waals surface area contributed by atoms with Crippen molar-refractivity contribution in [3.05, 3.63) is 83.3 Å². The molecule has 0 saturated heterocycles. The van der Waals surface area contributed by atoms with Crippen LogP contribution in [0.3, 0.4) is 0 Å². The van der Waals surface area contributed by atoms with Gasteiger partial charge in [0.25, 0.3) is 5.91 Å². The van der Waals surface area contributed by atoms with Crippen LogP contribution in [0, 0.1) is 0 Å². The first-order chi connectivity index (χ1) is 14.2. The van der Waals surface area contributed by atoms with Gasteiger partial charge in [-0.15, -0.1) is 0 Å². The number of halogens is 1. The average molecular weight is 411 g/mol. The van der Waals surface area contributed by atoms with Gasteiger partial charge < -0.3 is 13.9 Å². The number of nitrogens with zero attached hydrogens (tertiary/aromatic N) is 2. The third-order valence-electron chi connectivity index (χ3n) is 4.65. The fourth-order valence-electron chi connectivity index (χ4n) is 3.17. The summed E-state index contributed by atoms with van der Waals surface area (Å²) in [4.78, 5) is 12.9. The van der Waals surface area contributed by atoms with Gasteiger partial charge in [0.2, 0.25) is 0 Å². The lowest BCUT2D eigenvalue weighted by Crippen LogP contribution is -2.31. The monoisotopic (exact) mass is 410 g/mol. The maximum atomic E-state index is 12.9. The second-order valence-corrected chi connectivity index (χ2v) is 6.88. The van der Waals surface area contributed by atoms with Crippen LogP contribution in [-0.4, -0.2) is 30.3 Å². The summed E-state index contributed by atoms with van der Waals surface area (Å²) in [5.41, 5.74) is 1.71. The van der Waals surface area contributed by atoms with Gasteiger partial charge >= 0.3 is 0 Å². The molecule has 0 spiro atoms. The molecule has 0 radical (unpaired) electrons. The molecule has 3 aromatic rings. The molecule has 0 saturated carbocycles. The van der Waals surface area contributed by atoms with E-state index in [1.54, 1.807) is 43.7 Å². The van der Waals surface area contributed by atoms with Crippen LogP contribution in [0.1, 0.15) is 23.8 Å². The Balaban J connectivity index is 1.55. The largest absolute Gasteiger partial charge is 0.497 e. The van der Waals surface area contributed by atoms with Crippen molar-refractivity contribution in [3.8, 4) is 11.5 Å². The summed E-state index contributed by atoms with van der Waals surface area (Å²) in [6.45, 7) is -0.180. The molecule has 1 unspecified atom stereocenters. The van der Waals surface area contributed by atoms with Gasteiger partial charge in [-0.3, -0.25) is 4.79 Å². The summed E-state index contributed by atoms with van der Waals surface area (Å²) in [6.07, 6.45) is 2.13. The Kier molecular flexibility index (Phi) is 5.53. The van der Waals surface area contributed by atoms with Crippen molar-refractivity contribution >= 4 is 23.2 Å². The van der Waals surface area contributed by atoms with Gasteiger partial charge in [0.15, 0.2) is 6.61 Å². The van der Waals surface area contributed by atoms with Crippen LogP contribution >= 0.6 is 11.6 Å². The number of hydrazone groups is 1. The standard InChI is InChI=1S/C22H19ClN2O4/c1-27-16-10-8-15(9-11-16)18-13-19(21-7-4-12-28-21)25(24-18)22(26)14-29-20-6-3-2-5-17(20)23/h2-12,19H,13-14H2,1H3. The molecular formula is C22H19ClN2O4. The maximum absolute atomic E-state index is 12.9. The molecular weight excluding hydrogens is 392 g/mol. The second-order valence-electron chi connectivity index (χ2n) is 6.47. The van der Waals surface area contributed by atoms with Crippen molar-refractivity contribution in [2.75, 3.05) is 13.7 Å². The third kappa shape index (κ3) is 4.12. The summed E-state index contributed by atoms with van der Waals surface area (Å²) in [7, 11) is 1.62. The van der Waals surface area contributed by atoms with Crippen molar-refractivity contribution in [1.82, 2.24) is 5.01 Å². The Labute approximate surface area is 173 Å². The van der Waals surface area contributed by atoms with E-state index in [0.29, 0.717) is 23.0 Å². The van der Waals surface area contributed by atoms with Gasteiger partial charge in [-0.05, 0) is 54.1 Å². The molecule has 4 rings (SSSR count). The van der Waals surface area contributed by atoms with E-state index in [9.17, 15) is 4.79 Å². The van der Waals surface area contributed by atoms with E-state index in [0.717, 1.165) is 17.0 Å². The summed E-state index contributed by atoms with van der Waals surface area (Å²) in [5, 5.41) is 6.45. The number of para-hydroxylation sites is 1. The minimum Gasteiger partial charge on any atom is -0.497 e. The predicted molar refractivity (Wildman–Crippen MR) is 109 cm³/mol. The predicted octanol–water partition coefficient (Wildman–Crippen LogP) is 4.70. The van der Waals surface area contributed by atoms with Crippen molar-refractivity contribution < 1.29 is 18.7 Å². The third-order valence-corrected chi connectivity index (χ3v) is 4.96. The van der Waals surface area contributed by atoms with Crippen LogP contribution in [0.25, 0.3) is 0 Å². The summed E-state index contributed by atoms with van der Waals surface area (Å²) in [6, 6.07) is 17.9. The van der Waals surface area contributed by atoms with Gasteiger partial charge in [-0.2, -0.15) is 5.10 Å². The molecule has 2 heterocycles. The molecule has 2 aromatic carbocycles. The zero-order valence-electron chi connectivity index (χ0n) is 15.7. The molecule has 1 aromatic heterocycles. The minimum atomic E-state index is -0.329. The SMILES string of the molecule is COc1ccc(C2=NN(C(=O)COc3ccccc3Cl)C(c3ccco3)C2)cc1. The van der Waals surface area contributed by atoms with Crippen LogP contribution in [-0.2, 0) is 4.79 Å². The molecule has 0 aliphatic carbocycles. The van der Waals surface area contributed by atoms with E-state index in [-0.39, 0.29) is 18.6 Å². The van der Waals surface area contributed by atoms with Crippen molar-refractivity contribution in [3.63, 3.8) is 0 Å². The number of hydrogen-bond donors (Lipinski definition) is 0. The number of ether oxygens (including phenoxy) is 2. The molecule has 1 aliphatic rings. The van der Waals surface area contributed by atoms with Crippen molar-refractivity contribution in [2.24, 2.45) is 5.10 Å². The van der Waals surface area contributed by atoms with Crippen LogP contribution in [0.15, 0.2) is 76.4 Å². The molecule has 0 fully saturated rings. The summed E-state index contributed by atoms with van der Waals surface area (Å²) < 4.78 is 16.4. The van der Waals surface area contributed by atoms with Gasteiger partial charge in [0.1, 0.15) is 23.3 Å². The van der Waals surface area contributed by atoms with E-state index in [1.165, 1.54) is 5.01 Å². The van der Waals surface area contributed by atoms with Crippen LogP contribution in [0.5, 0.6) is 11.5 Å². The highest BCUT2D eigenvalue weighted by Crippen LogP contribution is 2.33. The van der Waals surface area contributed by atoms with Crippen LogP contribution in [0.4, 0.5) is 0 Å². The smallest absolute Gasteiger partial charge is 0.281 e. The highest BCUT2D eigenvalue weighted by Gasteiger charge is 2.35. The van der Waals surface area contributed by atoms with Crippen molar-refractivity contribution in [2.45, 2.75) is 12.5 Å². The molecule has 1 amide bonds. The molecule has 6 nitrogen and oxygen atoms in total. The van der Waals surface area contributed by atoms with E-state index >= 15 is 0 Å². The highest BCUT2D eigenvalue weighted by atomic mass is 35.5. The molecule has 29 heavy (non-hydrogen) atoms.